The average molecular weight is 303 g/mol. The lowest BCUT2D eigenvalue weighted by Gasteiger charge is -2.42. The third-order valence-electron chi connectivity index (χ3n) is 7.27. The van der Waals surface area contributed by atoms with E-state index in [4.69, 9.17) is 0 Å². The van der Waals surface area contributed by atoms with E-state index in [0.29, 0.717) is 0 Å². The van der Waals surface area contributed by atoms with Crippen LogP contribution in [0.3, 0.4) is 0 Å². The van der Waals surface area contributed by atoms with Gasteiger partial charge in [-0.3, -0.25) is 0 Å². The van der Waals surface area contributed by atoms with Gasteiger partial charge >= 0.3 is 0 Å². The normalized spacial score (nSPS) is 41.8. The molecule has 22 heavy (non-hydrogen) atoms. The number of rotatable bonds is 3. The van der Waals surface area contributed by atoms with Crippen molar-refractivity contribution in [2.45, 2.75) is 91.4 Å². The van der Waals surface area contributed by atoms with E-state index in [9.17, 15) is 0 Å². The molecule has 0 aromatic carbocycles. The third kappa shape index (κ3) is 3.98. The predicted molar refractivity (Wildman–Crippen MR) is 96.8 cm³/mol. The molecule has 0 aliphatic heterocycles. The second-order valence-corrected chi connectivity index (χ2v) is 9.22. The first-order valence-electron chi connectivity index (χ1n) is 10.3. The van der Waals surface area contributed by atoms with Crippen LogP contribution in [-0.4, -0.2) is 0 Å². The summed E-state index contributed by atoms with van der Waals surface area (Å²) in [6.45, 7) is 7.37. The van der Waals surface area contributed by atoms with Crippen LogP contribution in [0, 0.1) is 35.5 Å². The van der Waals surface area contributed by atoms with Crippen molar-refractivity contribution in [3.63, 3.8) is 0 Å². The molecule has 2 fully saturated rings. The summed E-state index contributed by atoms with van der Waals surface area (Å²) in [5, 5.41) is 0. The van der Waals surface area contributed by atoms with Crippen LogP contribution in [0.1, 0.15) is 91.4 Å². The molecule has 0 bridgehead atoms. The van der Waals surface area contributed by atoms with Gasteiger partial charge in [-0.15, -0.1) is 0 Å². The molecule has 1 atom stereocenters. The minimum absolute atomic E-state index is 0.933. The van der Waals surface area contributed by atoms with E-state index in [1.807, 2.05) is 5.57 Å². The lowest BCUT2D eigenvalue weighted by atomic mass is 9.63. The SMILES string of the molecule is CC1CC=C(C(C2CCC(C)CC2)C2CCC(C)CC2)CC1. The topological polar surface area (TPSA) is 0 Å². The molecule has 3 aliphatic carbocycles. The number of hydrogen-bond donors (Lipinski definition) is 0. The van der Waals surface area contributed by atoms with Crippen molar-refractivity contribution < 1.29 is 0 Å². The second-order valence-electron chi connectivity index (χ2n) is 9.22. The Labute approximate surface area is 139 Å². The van der Waals surface area contributed by atoms with E-state index in [-0.39, 0.29) is 0 Å². The van der Waals surface area contributed by atoms with Crippen molar-refractivity contribution in [3.8, 4) is 0 Å². The monoisotopic (exact) mass is 302 g/mol. The molecule has 0 aromatic rings. The van der Waals surface area contributed by atoms with Crippen LogP contribution in [0.15, 0.2) is 11.6 Å². The molecule has 3 aliphatic rings. The Bertz CT molecular complexity index is 341. The molecule has 0 amide bonds. The fourth-order valence-corrected chi connectivity index (χ4v) is 5.57. The molecular formula is C22H38. The summed E-state index contributed by atoms with van der Waals surface area (Å²) in [4.78, 5) is 0. The fourth-order valence-electron chi connectivity index (χ4n) is 5.57. The van der Waals surface area contributed by atoms with Gasteiger partial charge in [0.05, 0.1) is 0 Å². The third-order valence-corrected chi connectivity index (χ3v) is 7.27. The first-order chi connectivity index (χ1) is 10.6. The van der Waals surface area contributed by atoms with E-state index in [0.717, 1.165) is 35.5 Å². The van der Waals surface area contributed by atoms with Gasteiger partial charge < -0.3 is 0 Å². The van der Waals surface area contributed by atoms with E-state index in [1.165, 1.54) is 70.6 Å². The van der Waals surface area contributed by atoms with E-state index < -0.39 is 0 Å². The van der Waals surface area contributed by atoms with Crippen molar-refractivity contribution in [1.82, 2.24) is 0 Å². The highest BCUT2D eigenvalue weighted by molar-refractivity contribution is 5.14. The van der Waals surface area contributed by atoms with E-state index in [1.54, 1.807) is 0 Å². The molecule has 0 spiro atoms. The zero-order valence-corrected chi connectivity index (χ0v) is 15.3. The molecule has 0 N–H and O–H groups in total. The van der Waals surface area contributed by atoms with Crippen molar-refractivity contribution in [2.24, 2.45) is 35.5 Å². The lowest BCUT2D eigenvalue weighted by molar-refractivity contribution is 0.137. The van der Waals surface area contributed by atoms with Crippen molar-refractivity contribution in [3.05, 3.63) is 11.6 Å². The highest BCUT2D eigenvalue weighted by Gasteiger charge is 2.36. The maximum absolute atomic E-state index is 2.69. The van der Waals surface area contributed by atoms with Crippen LogP contribution in [0.25, 0.3) is 0 Å². The van der Waals surface area contributed by atoms with Crippen molar-refractivity contribution in [1.29, 1.82) is 0 Å². The zero-order chi connectivity index (χ0) is 15.5. The largest absolute Gasteiger partial charge is 0.0848 e. The zero-order valence-electron chi connectivity index (χ0n) is 15.3. The average Bonchev–Trinajstić information content (AvgIpc) is 2.53. The Morgan fingerprint density at radius 2 is 1.18 bits per heavy atom. The Kier molecular flexibility index (Phi) is 5.69. The minimum Gasteiger partial charge on any atom is -0.0848 e. The van der Waals surface area contributed by atoms with Gasteiger partial charge in [0, 0.05) is 0 Å². The molecule has 3 rings (SSSR count). The Balaban J connectivity index is 1.73. The molecule has 0 radical (unpaired) electrons. The van der Waals surface area contributed by atoms with Crippen LogP contribution >= 0.6 is 0 Å². The van der Waals surface area contributed by atoms with Gasteiger partial charge in [-0.05, 0) is 80.5 Å². The van der Waals surface area contributed by atoms with Crippen molar-refractivity contribution >= 4 is 0 Å². The van der Waals surface area contributed by atoms with Crippen LogP contribution < -0.4 is 0 Å². The first kappa shape index (κ1) is 16.6. The smallest absolute Gasteiger partial charge is 0.0147 e. The van der Waals surface area contributed by atoms with Gasteiger partial charge in [0.2, 0.25) is 0 Å². The van der Waals surface area contributed by atoms with Crippen LogP contribution in [-0.2, 0) is 0 Å². The Hall–Kier alpha value is -0.260. The maximum Gasteiger partial charge on any atom is -0.0147 e. The van der Waals surface area contributed by atoms with Crippen molar-refractivity contribution in [2.75, 3.05) is 0 Å². The van der Waals surface area contributed by atoms with Gasteiger partial charge in [-0.25, -0.2) is 0 Å². The van der Waals surface area contributed by atoms with Gasteiger partial charge in [-0.2, -0.15) is 0 Å². The summed E-state index contributed by atoms with van der Waals surface area (Å²) < 4.78 is 0. The summed E-state index contributed by atoms with van der Waals surface area (Å²) in [6.07, 6.45) is 19.0. The molecule has 0 heterocycles. The molecule has 0 aromatic heterocycles. The second kappa shape index (κ2) is 7.54. The summed E-state index contributed by atoms with van der Waals surface area (Å²) >= 11 is 0. The van der Waals surface area contributed by atoms with E-state index >= 15 is 0 Å². The van der Waals surface area contributed by atoms with Crippen LogP contribution in [0.2, 0.25) is 0 Å². The summed E-state index contributed by atoms with van der Waals surface area (Å²) in [7, 11) is 0. The Morgan fingerprint density at radius 1 is 0.682 bits per heavy atom. The molecule has 2 saturated carbocycles. The summed E-state index contributed by atoms with van der Waals surface area (Å²) in [5.41, 5.74) is 1.90. The lowest BCUT2D eigenvalue weighted by Crippen LogP contribution is -2.32. The van der Waals surface area contributed by atoms with Crippen LogP contribution in [0.4, 0.5) is 0 Å². The maximum atomic E-state index is 2.69. The summed E-state index contributed by atoms with van der Waals surface area (Å²) in [5.74, 6) is 5.92. The predicted octanol–water partition coefficient (Wildman–Crippen LogP) is 7.00. The molecule has 1 unspecified atom stereocenters. The molecule has 0 saturated heterocycles. The highest BCUT2D eigenvalue weighted by Crippen LogP contribution is 2.47. The van der Waals surface area contributed by atoms with E-state index in [2.05, 4.69) is 26.8 Å². The molecule has 0 nitrogen and oxygen atoms in total. The minimum atomic E-state index is 0.933. The molecular weight excluding hydrogens is 264 g/mol. The van der Waals surface area contributed by atoms with Gasteiger partial charge in [0.25, 0.3) is 0 Å². The molecule has 0 heteroatoms. The quantitative estimate of drug-likeness (QED) is 0.492. The fraction of sp³-hybridized carbons (Fsp3) is 0.909. The van der Waals surface area contributed by atoms with Gasteiger partial charge in [0.15, 0.2) is 0 Å². The summed E-state index contributed by atoms with van der Waals surface area (Å²) in [6, 6.07) is 0. The van der Waals surface area contributed by atoms with Gasteiger partial charge in [0.1, 0.15) is 0 Å². The molecule has 126 valence electrons. The standard InChI is InChI=1S/C22H38/c1-16-4-10-19(11-5-16)22(20-12-6-17(2)7-13-20)21-14-8-18(3)9-15-21/h10,16-18,20-22H,4-9,11-15H2,1-3H3. The van der Waals surface area contributed by atoms with Crippen LogP contribution in [0.5, 0.6) is 0 Å². The first-order valence-corrected chi connectivity index (χ1v) is 10.3. The Morgan fingerprint density at radius 3 is 1.59 bits per heavy atom. The number of hydrogen-bond acceptors (Lipinski definition) is 0. The number of allylic oxidation sites excluding steroid dienone is 2. The van der Waals surface area contributed by atoms with Gasteiger partial charge in [-0.1, -0.05) is 58.1 Å². The highest BCUT2D eigenvalue weighted by atomic mass is 14.4.